The summed E-state index contributed by atoms with van der Waals surface area (Å²) in [7, 11) is 0. The fourth-order valence-electron chi connectivity index (χ4n) is 4.01. The molecule has 1 unspecified atom stereocenters. The Balaban J connectivity index is 1.52. The van der Waals surface area contributed by atoms with E-state index in [2.05, 4.69) is 30.9 Å². The van der Waals surface area contributed by atoms with Gasteiger partial charge in [0.15, 0.2) is 5.58 Å². The van der Waals surface area contributed by atoms with E-state index in [-0.39, 0.29) is 45.1 Å². The zero-order chi connectivity index (χ0) is 28.6. The van der Waals surface area contributed by atoms with E-state index in [0.717, 1.165) is 0 Å². The maximum Gasteiger partial charge on any atom is 0.335 e. The quantitative estimate of drug-likeness (QED) is 0.225. The first-order valence-electron chi connectivity index (χ1n) is 11.5. The van der Waals surface area contributed by atoms with Gasteiger partial charge in [-0.2, -0.15) is 4.98 Å². The summed E-state index contributed by atoms with van der Waals surface area (Å²) >= 11 is 6.44. The first kappa shape index (κ1) is 26.3. The minimum absolute atomic E-state index is 0.00620. The molecule has 0 bridgehead atoms. The number of carbonyl (C=O) groups excluding carboxylic acids is 1. The molecule has 14 heteroatoms. The average Bonchev–Trinajstić information content (AvgIpc) is 3.29. The number of guanidine groups is 1. The minimum Gasteiger partial charge on any atom is -0.478 e. The summed E-state index contributed by atoms with van der Waals surface area (Å²) in [6, 6.07) is 9.28. The van der Waals surface area contributed by atoms with Crippen LogP contribution in [0.4, 0.5) is 16.2 Å². The molecule has 0 saturated heterocycles. The number of nitrogens with one attached hydrogen (secondary N) is 3. The number of carboxylic acids is 2. The molecule has 5 N–H and O–H groups in total. The number of oxazole rings is 1. The number of aromatic carboxylic acids is 2. The van der Waals surface area contributed by atoms with Gasteiger partial charge in [0.25, 0.3) is 5.91 Å². The molecule has 5 rings (SSSR count). The summed E-state index contributed by atoms with van der Waals surface area (Å²) in [5, 5.41) is 27.0. The molecule has 202 valence electrons. The van der Waals surface area contributed by atoms with Gasteiger partial charge in [0.1, 0.15) is 23.2 Å². The summed E-state index contributed by atoms with van der Waals surface area (Å²) in [6.07, 6.45) is 1.24. The van der Waals surface area contributed by atoms with Gasteiger partial charge in [-0.3, -0.25) is 10.1 Å². The van der Waals surface area contributed by atoms with Gasteiger partial charge in [0, 0.05) is 28.5 Å². The van der Waals surface area contributed by atoms with Crippen LogP contribution in [0.1, 0.15) is 39.2 Å². The number of hydrogen-bond donors (Lipinski definition) is 5. The number of aliphatic imine (C=N–C) groups is 1. The van der Waals surface area contributed by atoms with E-state index in [4.69, 9.17) is 16.0 Å². The Morgan fingerprint density at radius 2 is 1.80 bits per heavy atom. The van der Waals surface area contributed by atoms with E-state index >= 15 is 0 Å². The molecule has 1 aliphatic rings. The second-order valence-corrected chi connectivity index (χ2v) is 8.94. The molecule has 0 fully saturated rings. The number of pyridine rings is 1. The molecule has 1 atom stereocenters. The van der Waals surface area contributed by atoms with Crippen LogP contribution in [0.25, 0.3) is 11.1 Å². The first-order chi connectivity index (χ1) is 19.1. The monoisotopic (exact) mass is 564 g/mol. The van der Waals surface area contributed by atoms with Gasteiger partial charge >= 0.3 is 18.0 Å². The molecular weight excluding hydrogens is 547 g/mol. The highest BCUT2D eigenvalue weighted by Crippen LogP contribution is 2.36. The molecule has 2 aromatic heterocycles. The third-order valence-corrected chi connectivity index (χ3v) is 6.18. The summed E-state index contributed by atoms with van der Waals surface area (Å²) in [4.78, 5) is 49.0. The van der Waals surface area contributed by atoms with Crippen molar-refractivity contribution < 1.29 is 33.4 Å². The molecule has 0 spiro atoms. The number of benzene rings is 2. The molecule has 0 aliphatic carbocycles. The summed E-state index contributed by atoms with van der Waals surface area (Å²) in [5.41, 5.74) is 1.18. The topological polar surface area (TPSA) is 179 Å². The molecular formula is C26H18ClFN6O6. The lowest BCUT2D eigenvalue weighted by molar-refractivity contribution is -0.113. The summed E-state index contributed by atoms with van der Waals surface area (Å²) < 4.78 is 19.1. The van der Waals surface area contributed by atoms with Crippen LogP contribution >= 0.6 is 11.6 Å². The van der Waals surface area contributed by atoms with Crippen LogP contribution in [0.5, 0.6) is 0 Å². The molecule has 3 heterocycles. The van der Waals surface area contributed by atoms with Crippen LogP contribution < -0.4 is 16.0 Å². The largest absolute Gasteiger partial charge is 0.478 e. The van der Waals surface area contributed by atoms with E-state index in [9.17, 15) is 29.0 Å². The van der Waals surface area contributed by atoms with Gasteiger partial charge in [-0.25, -0.2) is 24.0 Å². The fourth-order valence-corrected chi connectivity index (χ4v) is 4.29. The number of nitrogens with zero attached hydrogens (tertiary/aromatic N) is 3. The Bertz CT molecular complexity index is 1770. The zero-order valence-electron chi connectivity index (χ0n) is 20.4. The van der Waals surface area contributed by atoms with Crippen molar-refractivity contribution in [3.63, 3.8) is 0 Å². The fraction of sp³-hybridized carbons (Fsp3) is 0.0769. The minimum atomic E-state index is -1.20. The number of amides is 1. The van der Waals surface area contributed by atoms with E-state index in [0.29, 0.717) is 16.8 Å². The van der Waals surface area contributed by atoms with Crippen molar-refractivity contribution in [1.82, 2.24) is 15.3 Å². The first-order valence-corrected chi connectivity index (χ1v) is 11.9. The highest BCUT2D eigenvalue weighted by atomic mass is 35.5. The Kier molecular flexibility index (Phi) is 6.88. The van der Waals surface area contributed by atoms with Crippen LogP contribution in [0, 0.1) is 5.82 Å². The molecule has 40 heavy (non-hydrogen) atoms. The highest BCUT2D eigenvalue weighted by Gasteiger charge is 2.32. The predicted octanol–water partition coefficient (Wildman–Crippen LogP) is 4.44. The number of allylic oxidation sites excluding steroid dienone is 1. The van der Waals surface area contributed by atoms with E-state index in [1.54, 1.807) is 6.92 Å². The molecule has 4 aromatic rings. The Hall–Kier alpha value is -5.30. The van der Waals surface area contributed by atoms with Crippen LogP contribution in [-0.2, 0) is 4.79 Å². The number of rotatable bonds is 6. The lowest BCUT2D eigenvalue weighted by atomic mass is 9.94. The number of fused-ring (bicyclic) bond motifs is 1. The molecule has 0 saturated carbocycles. The summed E-state index contributed by atoms with van der Waals surface area (Å²) in [5.74, 6) is -3.45. The maximum atomic E-state index is 13.6. The smallest absolute Gasteiger partial charge is 0.335 e. The van der Waals surface area contributed by atoms with Crippen LogP contribution in [0.2, 0.25) is 5.02 Å². The number of halogens is 2. The van der Waals surface area contributed by atoms with Crippen molar-refractivity contribution in [1.29, 1.82) is 0 Å². The van der Waals surface area contributed by atoms with E-state index in [1.807, 2.05) is 0 Å². The standard InChI is InChI=1S/C26H18ClFN6O6/c1-11-20(22(35)32-19-9-13(24(38)39)6-7-29-19)21(15-4-2-12(23(36)37)8-16(15)27)33-25(30-11)34-26-31-17-5-3-14(28)10-18(17)40-26/h2-10,21H,1H3,(H,36,37)(H,38,39)(H,29,32,35)(H2,30,31,33,34). The van der Waals surface area contributed by atoms with Crippen molar-refractivity contribution in [3.8, 4) is 0 Å². The van der Waals surface area contributed by atoms with E-state index < -0.39 is 29.7 Å². The van der Waals surface area contributed by atoms with Crippen molar-refractivity contribution in [2.24, 2.45) is 4.99 Å². The van der Waals surface area contributed by atoms with Gasteiger partial charge in [-0.05, 0) is 43.3 Å². The van der Waals surface area contributed by atoms with Crippen molar-refractivity contribution in [3.05, 3.63) is 93.5 Å². The zero-order valence-corrected chi connectivity index (χ0v) is 21.2. The Morgan fingerprint density at radius 1 is 1.05 bits per heavy atom. The third-order valence-electron chi connectivity index (χ3n) is 5.85. The van der Waals surface area contributed by atoms with Gasteiger partial charge in [0.05, 0.1) is 16.7 Å². The highest BCUT2D eigenvalue weighted by molar-refractivity contribution is 6.32. The van der Waals surface area contributed by atoms with Crippen molar-refractivity contribution in [2.45, 2.75) is 13.0 Å². The SMILES string of the molecule is CC1=C(C(=O)Nc2cc(C(=O)O)ccn2)C(c2ccc(C(=O)O)cc2Cl)N=C(Nc2nc3ccc(F)cc3o2)N1. The van der Waals surface area contributed by atoms with Gasteiger partial charge in [0.2, 0.25) is 5.96 Å². The number of aromatic nitrogens is 2. The van der Waals surface area contributed by atoms with Crippen LogP contribution in [0.3, 0.4) is 0 Å². The summed E-state index contributed by atoms with van der Waals surface area (Å²) in [6.45, 7) is 1.60. The number of hydrogen-bond acceptors (Lipinski definition) is 9. The third kappa shape index (κ3) is 5.31. The van der Waals surface area contributed by atoms with Crippen LogP contribution in [-0.4, -0.2) is 44.0 Å². The van der Waals surface area contributed by atoms with E-state index in [1.165, 1.54) is 54.7 Å². The van der Waals surface area contributed by atoms with Gasteiger partial charge < -0.3 is 25.3 Å². The molecule has 1 amide bonds. The number of carboxylic acid groups (broad SMARTS) is 2. The van der Waals surface area contributed by atoms with Gasteiger partial charge in [-0.1, -0.05) is 17.7 Å². The Morgan fingerprint density at radius 3 is 2.52 bits per heavy atom. The predicted molar refractivity (Wildman–Crippen MR) is 142 cm³/mol. The lowest BCUT2D eigenvalue weighted by Gasteiger charge is -2.27. The number of anilines is 2. The molecule has 12 nitrogen and oxygen atoms in total. The molecule has 0 radical (unpaired) electrons. The second kappa shape index (κ2) is 10.5. The normalized spacial score (nSPS) is 14.9. The second-order valence-electron chi connectivity index (χ2n) is 8.53. The van der Waals surface area contributed by atoms with Crippen LogP contribution in [0.15, 0.2) is 75.4 Å². The van der Waals surface area contributed by atoms with Crippen molar-refractivity contribution >= 4 is 58.3 Å². The van der Waals surface area contributed by atoms with Crippen molar-refractivity contribution in [2.75, 3.05) is 10.6 Å². The lowest BCUT2D eigenvalue weighted by Crippen LogP contribution is -2.37. The Labute approximate surface area is 229 Å². The molecule has 1 aliphatic heterocycles. The maximum absolute atomic E-state index is 13.6. The number of carbonyl (C=O) groups is 3. The average molecular weight is 565 g/mol. The van der Waals surface area contributed by atoms with Gasteiger partial charge in [-0.15, -0.1) is 0 Å². The molecule has 2 aromatic carbocycles.